The van der Waals surface area contributed by atoms with Crippen LogP contribution < -0.4 is 5.32 Å². The lowest BCUT2D eigenvalue weighted by Crippen LogP contribution is -2.16. The molecule has 2 aromatic heterocycles. The molecule has 2 heterocycles. The van der Waals surface area contributed by atoms with Crippen LogP contribution >= 0.6 is 11.8 Å². The average Bonchev–Trinajstić information content (AvgIpc) is 3.36. The maximum absolute atomic E-state index is 4.46. The molecule has 0 bridgehead atoms. The third-order valence-electron chi connectivity index (χ3n) is 6.81. The van der Waals surface area contributed by atoms with Gasteiger partial charge in [0, 0.05) is 30.1 Å². The fourth-order valence-electron chi connectivity index (χ4n) is 4.48. The zero-order valence-corrected chi connectivity index (χ0v) is 23.7. The van der Waals surface area contributed by atoms with Crippen LogP contribution in [0.15, 0.2) is 48.4 Å². The number of aromatic amines is 1. The minimum atomic E-state index is 0.123. The minimum Gasteiger partial charge on any atom is -0.359 e. The summed E-state index contributed by atoms with van der Waals surface area (Å²) in [4.78, 5) is 12.1. The predicted octanol–water partition coefficient (Wildman–Crippen LogP) is 9.08. The summed E-state index contributed by atoms with van der Waals surface area (Å²) < 4.78 is 0. The van der Waals surface area contributed by atoms with E-state index in [4.69, 9.17) is 0 Å². The van der Waals surface area contributed by atoms with Crippen LogP contribution in [0.4, 0.5) is 5.82 Å². The number of hydrogen-bond donors (Lipinski definition) is 2. The van der Waals surface area contributed by atoms with Crippen molar-refractivity contribution in [3.05, 3.63) is 54.3 Å². The molecular formula is C30H50N4S. The number of imidazole rings is 1. The Kier molecular flexibility index (Phi) is 14.9. The van der Waals surface area contributed by atoms with E-state index in [1.807, 2.05) is 48.6 Å². The molecular weight excluding hydrogens is 448 g/mol. The van der Waals surface area contributed by atoms with Crippen molar-refractivity contribution in [2.24, 2.45) is 17.8 Å². The molecule has 4 nitrogen and oxygen atoms in total. The SMILES string of the molecule is C/C(=C\CSCC(Nc1ccccn1)c1ncc[nH]1)CCCC(C)CCCC(C)CCCC(C)C. The molecule has 3 atom stereocenters. The Morgan fingerprint density at radius 2 is 1.66 bits per heavy atom. The van der Waals surface area contributed by atoms with E-state index in [0.717, 1.165) is 40.9 Å². The zero-order valence-electron chi connectivity index (χ0n) is 22.9. The highest BCUT2D eigenvalue weighted by Crippen LogP contribution is 2.23. The van der Waals surface area contributed by atoms with Crippen molar-refractivity contribution in [2.75, 3.05) is 16.8 Å². The number of nitrogens with zero attached hydrogens (tertiary/aromatic N) is 2. The number of thioether (sulfide) groups is 1. The third kappa shape index (κ3) is 13.8. The summed E-state index contributed by atoms with van der Waals surface area (Å²) >= 11 is 1.94. The number of hydrogen-bond acceptors (Lipinski definition) is 4. The van der Waals surface area contributed by atoms with Gasteiger partial charge in [0.15, 0.2) is 0 Å². The van der Waals surface area contributed by atoms with Gasteiger partial charge in [0.1, 0.15) is 11.6 Å². The fraction of sp³-hybridized carbons (Fsp3) is 0.667. The van der Waals surface area contributed by atoms with Gasteiger partial charge >= 0.3 is 0 Å². The molecule has 0 fully saturated rings. The monoisotopic (exact) mass is 498 g/mol. The summed E-state index contributed by atoms with van der Waals surface area (Å²) in [7, 11) is 0. The van der Waals surface area contributed by atoms with E-state index < -0.39 is 0 Å². The van der Waals surface area contributed by atoms with E-state index in [1.54, 1.807) is 0 Å². The van der Waals surface area contributed by atoms with Gasteiger partial charge in [-0.1, -0.05) is 90.4 Å². The normalized spacial score (nSPS) is 14.7. The molecule has 0 aliphatic rings. The Labute approximate surface area is 219 Å². The highest BCUT2D eigenvalue weighted by atomic mass is 32.2. The second-order valence-electron chi connectivity index (χ2n) is 10.8. The molecule has 0 aliphatic heterocycles. The van der Waals surface area contributed by atoms with Gasteiger partial charge in [-0.05, 0) is 49.7 Å². The molecule has 2 aromatic rings. The molecule has 0 saturated carbocycles. The summed E-state index contributed by atoms with van der Waals surface area (Å²) in [6.07, 6.45) is 20.2. The number of rotatable bonds is 19. The predicted molar refractivity (Wildman–Crippen MR) is 155 cm³/mol. The van der Waals surface area contributed by atoms with Crippen molar-refractivity contribution in [3.8, 4) is 0 Å². The summed E-state index contributed by atoms with van der Waals surface area (Å²) in [5.74, 6) is 6.43. The molecule has 2 N–H and O–H groups in total. The molecule has 5 heteroatoms. The van der Waals surface area contributed by atoms with Gasteiger partial charge in [-0.25, -0.2) is 9.97 Å². The minimum absolute atomic E-state index is 0.123. The topological polar surface area (TPSA) is 53.6 Å². The summed E-state index contributed by atoms with van der Waals surface area (Å²) in [6.45, 7) is 11.9. The lowest BCUT2D eigenvalue weighted by atomic mass is 9.91. The molecule has 3 unspecified atom stereocenters. The zero-order chi connectivity index (χ0) is 25.3. The number of allylic oxidation sites excluding steroid dienone is 1. The largest absolute Gasteiger partial charge is 0.359 e. The molecule has 0 spiro atoms. The van der Waals surface area contributed by atoms with Crippen LogP contribution in [-0.2, 0) is 0 Å². The molecule has 0 aliphatic carbocycles. The van der Waals surface area contributed by atoms with E-state index in [0.29, 0.717) is 0 Å². The molecule has 0 aromatic carbocycles. The smallest absolute Gasteiger partial charge is 0.129 e. The number of nitrogens with one attached hydrogen (secondary N) is 2. The number of aromatic nitrogens is 3. The van der Waals surface area contributed by atoms with E-state index in [9.17, 15) is 0 Å². The lowest BCUT2D eigenvalue weighted by Gasteiger charge is -2.17. The van der Waals surface area contributed by atoms with Crippen molar-refractivity contribution < 1.29 is 0 Å². The number of anilines is 1. The summed E-state index contributed by atoms with van der Waals surface area (Å²) in [5.41, 5.74) is 1.52. The quantitative estimate of drug-likeness (QED) is 0.150. The Hall–Kier alpha value is -1.75. The molecule has 0 radical (unpaired) electrons. The molecule has 2 rings (SSSR count). The van der Waals surface area contributed by atoms with Crippen molar-refractivity contribution in [1.82, 2.24) is 15.0 Å². The third-order valence-corrected chi connectivity index (χ3v) is 7.78. The van der Waals surface area contributed by atoms with Gasteiger partial charge in [0.2, 0.25) is 0 Å². The van der Waals surface area contributed by atoms with Crippen LogP contribution in [0.25, 0.3) is 0 Å². The van der Waals surface area contributed by atoms with Gasteiger partial charge in [-0.3, -0.25) is 0 Å². The maximum atomic E-state index is 4.46. The van der Waals surface area contributed by atoms with Crippen molar-refractivity contribution in [2.45, 2.75) is 98.4 Å². The maximum Gasteiger partial charge on any atom is 0.129 e. The first-order valence-electron chi connectivity index (χ1n) is 13.8. The number of H-pyrrole nitrogens is 1. The van der Waals surface area contributed by atoms with Gasteiger partial charge in [0.05, 0.1) is 6.04 Å². The average molecular weight is 499 g/mol. The van der Waals surface area contributed by atoms with Crippen molar-refractivity contribution in [1.29, 1.82) is 0 Å². The van der Waals surface area contributed by atoms with Gasteiger partial charge < -0.3 is 10.3 Å². The van der Waals surface area contributed by atoms with Crippen LogP contribution in [0.3, 0.4) is 0 Å². The molecule has 196 valence electrons. The standard InChI is InChI=1S/C30H50N4S/c1-24(2)11-8-12-25(3)13-9-14-26(4)15-10-16-27(5)18-22-35-23-28(30-32-20-21-33-30)34-29-17-6-7-19-31-29/h6-7,17-21,24-26,28H,8-16,22-23H2,1-5H3,(H,31,34)(H,32,33)/b27-18+. The first kappa shape index (κ1) is 29.5. The summed E-state index contributed by atoms with van der Waals surface area (Å²) in [6, 6.07) is 6.06. The van der Waals surface area contributed by atoms with Crippen LogP contribution in [0.2, 0.25) is 0 Å². The first-order chi connectivity index (χ1) is 16.9. The van der Waals surface area contributed by atoms with E-state index in [1.165, 1.54) is 63.4 Å². The van der Waals surface area contributed by atoms with Gasteiger partial charge in [-0.15, -0.1) is 0 Å². The van der Waals surface area contributed by atoms with Crippen LogP contribution in [0, 0.1) is 17.8 Å². The van der Waals surface area contributed by atoms with Gasteiger partial charge in [-0.2, -0.15) is 11.8 Å². The van der Waals surface area contributed by atoms with E-state index in [2.05, 4.69) is 61.0 Å². The Bertz CT molecular complexity index is 788. The Morgan fingerprint density at radius 1 is 0.943 bits per heavy atom. The van der Waals surface area contributed by atoms with Crippen LogP contribution in [0.5, 0.6) is 0 Å². The summed E-state index contributed by atoms with van der Waals surface area (Å²) in [5, 5.41) is 3.51. The Balaban J connectivity index is 1.58. The molecule has 35 heavy (non-hydrogen) atoms. The second-order valence-corrected chi connectivity index (χ2v) is 11.9. The fourth-order valence-corrected chi connectivity index (χ4v) is 5.50. The molecule has 0 saturated heterocycles. The van der Waals surface area contributed by atoms with Gasteiger partial charge in [0.25, 0.3) is 0 Å². The van der Waals surface area contributed by atoms with Crippen LogP contribution in [0.1, 0.15) is 104 Å². The second kappa shape index (κ2) is 17.6. The van der Waals surface area contributed by atoms with Crippen molar-refractivity contribution in [3.63, 3.8) is 0 Å². The van der Waals surface area contributed by atoms with E-state index >= 15 is 0 Å². The van der Waals surface area contributed by atoms with Crippen LogP contribution in [-0.4, -0.2) is 26.5 Å². The lowest BCUT2D eigenvalue weighted by molar-refractivity contribution is 0.389. The van der Waals surface area contributed by atoms with E-state index in [-0.39, 0.29) is 6.04 Å². The Morgan fingerprint density at radius 3 is 2.29 bits per heavy atom. The highest BCUT2D eigenvalue weighted by molar-refractivity contribution is 7.99. The molecule has 0 amide bonds. The number of pyridine rings is 1. The highest BCUT2D eigenvalue weighted by Gasteiger charge is 2.14. The first-order valence-corrected chi connectivity index (χ1v) is 15.0. The van der Waals surface area contributed by atoms with Crippen molar-refractivity contribution >= 4 is 17.6 Å².